The Kier molecular flexibility index (Phi) is 5.61. The number of carbonyl (C=O) groups is 1. The predicted molar refractivity (Wildman–Crippen MR) is 103 cm³/mol. The van der Waals surface area contributed by atoms with Crippen LogP contribution in [0.5, 0.6) is 0 Å². The number of nitrogens with zero attached hydrogens (tertiary/aromatic N) is 1. The number of likely N-dealkylation sites (tertiary alicyclic amines) is 1. The largest absolute Gasteiger partial charge is 0.344 e. The highest BCUT2D eigenvalue weighted by molar-refractivity contribution is 5.95. The van der Waals surface area contributed by atoms with E-state index in [2.05, 4.69) is 36.2 Å². The molecule has 1 heterocycles. The lowest BCUT2D eigenvalue weighted by molar-refractivity contribution is -0.120. The van der Waals surface area contributed by atoms with E-state index in [1.54, 1.807) is 19.1 Å². The Morgan fingerprint density at radius 1 is 1.23 bits per heavy atom. The van der Waals surface area contributed by atoms with Gasteiger partial charge in [-0.1, -0.05) is 55.5 Å². The van der Waals surface area contributed by atoms with Gasteiger partial charge in [0.05, 0.1) is 6.04 Å². The van der Waals surface area contributed by atoms with Crippen molar-refractivity contribution in [2.45, 2.75) is 51.4 Å². The summed E-state index contributed by atoms with van der Waals surface area (Å²) in [7, 11) is 0. The van der Waals surface area contributed by atoms with E-state index in [1.165, 1.54) is 18.9 Å². The highest BCUT2D eigenvalue weighted by atomic mass is 19.1. The molecule has 1 aromatic rings. The minimum absolute atomic E-state index is 0.161. The van der Waals surface area contributed by atoms with Gasteiger partial charge in [-0.25, -0.2) is 4.39 Å². The molecule has 140 valence electrons. The molecule has 1 N–H and O–H groups in total. The third-order valence-corrected chi connectivity index (χ3v) is 5.84. The van der Waals surface area contributed by atoms with E-state index in [0.29, 0.717) is 5.57 Å². The summed E-state index contributed by atoms with van der Waals surface area (Å²) < 4.78 is 14.0. The van der Waals surface area contributed by atoms with Gasteiger partial charge in [-0.2, -0.15) is 0 Å². The second kappa shape index (κ2) is 7.75. The standard InChI is InChI=1S/C22H29FN2O/c1-16-18(12-9-13-19(16)23)21(26)24-20(17-10-5-4-6-11-17)22(2,3)25-14-7-8-15-25/h4-6,9-13,16,19-20H,7-8,14-15H2,1-3H3,(H,24,26). The fourth-order valence-corrected chi connectivity index (χ4v) is 4.04. The molecule has 3 atom stereocenters. The number of allylic oxidation sites excluding steroid dienone is 3. The lowest BCUT2D eigenvalue weighted by Gasteiger charge is -2.43. The van der Waals surface area contributed by atoms with Crippen LogP contribution >= 0.6 is 0 Å². The minimum atomic E-state index is -1.11. The summed E-state index contributed by atoms with van der Waals surface area (Å²) in [5, 5.41) is 3.22. The van der Waals surface area contributed by atoms with Crippen LogP contribution in [0.3, 0.4) is 0 Å². The van der Waals surface area contributed by atoms with Crippen molar-refractivity contribution in [3.05, 3.63) is 59.7 Å². The fourth-order valence-electron chi connectivity index (χ4n) is 4.04. The van der Waals surface area contributed by atoms with Crippen molar-refractivity contribution < 1.29 is 9.18 Å². The highest BCUT2D eigenvalue weighted by Crippen LogP contribution is 2.34. The zero-order valence-electron chi connectivity index (χ0n) is 15.9. The maximum absolute atomic E-state index is 14.0. The summed E-state index contributed by atoms with van der Waals surface area (Å²) in [6.45, 7) is 8.23. The Hall–Kier alpha value is -1.94. The average Bonchev–Trinajstić information content (AvgIpc) is 3.18. The third kappa shape index (κ3) is 3.75. The molecule has 4 heteroatoms. The van der Waals surface area contributed by atoms with Crippen molar-refractivity contribution in [1.29, 1.82) is 0 Å². The number of amides is 1. The number of nitrogens with one attached hydrogen (secondary N) is 1. The SMILES string of the molecule is CC1C(C(=O)NC(c2ccccc2)C(C)(C)N2CCCC2)=CC=CC1F. The molecular weight excluding hydrogens is 327 g/mol. The number of halogens is 1. The molecule has 1 amide bonds. The summed E-state index contributed by atoms with van der Waals surface area (Å²) in [6.07, 6.45) is 6.15. The van der Waals surface area contributed by atoms with Crippen molar-refractivity contribution in [3.63, 3.8) is 0 Å². The lowest BCUT2D eigenvalue weighted by atomic mass is 9.85. The van der Waals surface area contributed by atoms with E-state index in [-0.39, 0.29) is 17.5 Å². The normalized spacial score (nSPS) is 25.0. The molecule has 3 nitrogen and oxygen atoms in total. The molecule has 3 rings (SSSR count). The Balaban J connectivity index is 1.88. The van der Waals surface area contributed by atoms with Crippen LogP contribution in [-0.2, 0) is 4.79 Å². The summed E-state index contributed by atoms with van der Waals surface area (Å²) in [6, 6.07) is 9.93. The molecule has 3 unspecified atom stereocenters. The monoisotopic (exact) mass is 356 g/mol. The smallest absolute Gasteiger partial charge is 0.248 e. The number of carbonyl (C=O) groups excluding carboxylic acids is 1. The third-order valence-electron chi connectivity index (χ3n) is 5.84. The van der Waals surface area contributed by atoms with E-state index >= 15 is 0 Å². The molecule has 0 spiro atoms. The zero-order chi connectivity index (χ0) is 18.7. The topological polar surface area (TPSA) is 32.3 Å². The first kappa shape index (κ1) is 18.8. The minimum Gasteiger partial charge on any atom is -0.344 e. The van der Waals surface area contributed by atoms with E-state index in [4.69, 9.17) is 0 Å². The Morgan fingerprint density at radius 2 is 1.88 bits per heavy atom. The van der Waals surface area contributed by atoms with E-state index in [9.17, 15) is 9.18 Å². The van der Waals surface area contributed by atoms with Gasteiger partial charge in [0, 0.05) is 17.0 Å². The van der Waals surface area contributed by atoms with Crippen molar-refractivity contribution in [2.75, 3.05) is 13.1 Å². The Labute approximate surface area is 156 Å². The molecule has 0 saturated carbocycles. The number of hydrogen-bond donors (Lipinski definition) is 1. The second-order valence-corrected chi connectivity index (χ2v) is 7.90. The molecule has 2 aliphatic rings. The molecule has 1 aliphatic carbocycles. The maximum atomic E-state index is 14.0. The van der Waals surface area contributed by atoms with Crippen LogP contribution in [0.25, 0.3) is 0 Å². The summed E-state index contributed by atoms with van der Waals surface area (Å²) in [5.74, 6) is -0.600. The number of benzene rings is 1. The molecule has 0 radical (unpaired) electrons. The molecule has 0 aromatic heterocycles. The van der Waals surface area contributed by atoms with E-state index in [1.807, 2.05) is 18.2 Å². The molecular formula is C22H29FN2O. The molecule has 1 aliphatic heterocycles. The van der Waals surface area contributed by atoms with Crippen molar-refractivity contribution in [3.8, 4) is 0 Å². The highest BCUT2D eigenvalue weighted by Gasteiger charge is 2.39. The molecule has 1 saturated heterocycles. The number of rotatable bonds is 5. The van der Waals surface area contributed by atoms with Gasteiger partial charge in [-0.05, 0) is 45.3 Å². The quantitative estimate of drug-likeness (QED) is 0.858. The van der Waals surface area contributed by atoms with Gasteiger partial charge in [-0.15, -0.1) is 0 Å². The van der Waals surface area contributed by atoms with E-state index in [0.717, 1.165) is 18.7 Å². The van der Waals surface area contributed by atoms with Crippen LogP contribution < -0.4 is 5.32 Å². The second-order valence-electron chi connectivity index (χ2n) is 7.90. The number of hydrogen-bond acceptors (Lipinski definition) is 2. The Bertz CT molecular complexity index is 689. The van der Waals surface area contributed by atoms with Crippen molar-refractivity contribution in [2.24, 2.45) is 5.92 Å². The van der Waals surface area contributed by atoms with Crippen molar-refractivity contribution in [1.82, 2.24) is 10.2 Å². The lowest BCUT2D eigenvalue weighted by Crippen LogP contribution is -2.53. The fraction of sp³-hybridized carbons (Fsp3) is 0.500. The summed E-state index contributed by atoms with van der Waals surface area (Å²) >= 11 is 0. The first-order valence-electron chi connectivity index (χ1n) is 9.54. The molecule has 1 fully saturated rings. The predicted octanol–water partition coefficient (Wildman–Crippen LogP) is 4.19. The van der Waals surface area contributed by atoms with Gasteiger partial charge in [-0.3, -0.25) is 9.69 Å². The van der Waals surface area contributed by atoms with Crippen LogP contribution in [-0.4, -0.2) is 35.6 Å². The zero-order valence-corrected chi connectivity index (χ0v) is 15.9. The van der Waals surface area contributed by atoms with Crippen LogP contribution in [0.4, 0.5) is 4.39 Å². The molecule has 0 bridgehead atoms. The van der Waals surface area contributed by atoms with E-state index < -0.39 is 12.1 Å². The number of alkyl halides is 1. The van der Waals surface area contributed by atoms with Gasteiger partial charge < -0.3 is 5.32 Å². The van der Waals surface area contributed by atoms with Crippen molar-refractivity contribution >= 4 is 5.91 Å². The van der Waals surface area contributed by atoms with Crippen LogP contribution in [0.15, 0.2) is 54.1 Å². The molecule has 1 aromatic carbocycles. The first-order valence-corrected chi connectivity index (χ1v) is 9.54. The summed E-state index contributed by atoms with van der Waals surface area (Å²) in [4.78, 5) is 15.4. The van der Waals surface area contributed by atoms with Gasteiger partial charge in [0.15, 0.2) is 0 Å². The van der Waals surface area contributed by atoms with Crippen LogP contribution in [0.2, 0.25) is 0 Å². The van der Waals surface area contributed by atoms with Gasteiger partial charge in [0.2, 0.25) is 5.91 Å². The summed E-state index contributed by atoms with van der Waals surface area (Å²) in [5.41, 5.74) is 1.36. The van der Waals surface area contributed by atoms with Gasteiger partial charge in [0.25, 0.3) is 0 Å². The van der Waals surface area contributed by atoms with Crippen LogP contribution in [0, 0.1) is 5.92 Å². The maximum Gasteiger partial charge on any atom is 0.248 e. The van der Waals surface area contributed by atoms with Gasteiger partial charge >= 0.3 is 0 Å². The molecule has 26 heavy (non-hydrogen) atoms. The van der Waals surface area contributed by atoms with Crippen LogP contribution in [0.1, 0.15) is 45.2 Å². The van der Waals surface area contributed by atoms with Gasteiger partial charge in [0.1, 0.15) is 6.17 Å². The average molecular weight is 356 g/mol. The Morgan fingerprint density at radius 3 is 2.54 bits per heavy atom. The first-order chi connectivity index (χ1) is 12.4.